The van der Waals surface area contributed by atoms with Crippen molar-refractivity contribution in [2.24, 2.45) is 23.2 Å². The molecular weight excluding hydrogens is 270 g/mol. The number of fused-ring (bicyclic) bond motifs is 2. The second-order valence-electron chi connectivity index (χ2n) is 8.08. The van der Waals surface area contributed by atoms with Gasteiger partial charge in [-0.1, -0.05) is 44.2 Å². The molecule has 2 N–H and O–H groups in total. The molecule has 2 fully saturated rings. The third kappa shape index (κ3) is 2.96. The molecule has 1 aromatic carbocycles. The number of aliphatic hydroxyl groups is 1. The lowest BCUT2D eigenvalue weighted by Crippen LogP contribution is -2.37. The van der Waals surface area contributed by atoms with E-state index >= 15 is 0 Å². The van der Waals surface area contributed by atoms with E-state index in [0.29, 0.717) is 5.41 Å². The highest BCUT2D eigenvalue weighted by atomic mass is 16.3. The molecule has 0 amide bonds. The van der Waals surface area contributed by atoms with Gasteiger partial charge in [0, 0.05) is 6.04 Å². The molecule has 1 aromatic rings. The Balaban J connectivity index is 1.49. The average Bonchev–Trinajstić information content (AvgIpc) is 3.08. The Bertz CT molecular complexity index is 484. The molecule has 2 bridgehead atoms. The van der Waals surface area contributed by atoms with E-state index in [0.717, 1.165) is 29.9 Å². The Morgan fingerprint density at radius 3 is 2.59 bits per heavy atom. The van der Waals surface area contributed by atoms with Gasteiger partial charge < -0.3 is 10.4 Å². The van der Waals surface area contributed by atoms with Crippen molar-refractivity contribution in [3.63, 3.8) is 0 Å². The smallest absolute Gasteiger partial charge is 0.0940 e. The highest BCUT2D eigenvalue weighted by Crippen LogP contribution is 2.60. The van der Waals surface area contributed by atoms with Crippen molar-refractivity contribution in [3.8, 4) is 0 Å². The molecule has 122 valence electrons. The molecule has 0 heterocycles. The second-order valence-corrected chi connectivity index (χ2v) is 8.08. The van der Waals surface area contributed by atoms with Crippen molar-refractivity contribution in [2.45, 2.75) is 58.6 Å². The Morgan fingerprint density at radius 2 is 1.95 bits per heavy atom. The number of aliphatic hydroxyl groups excluding tert-OH is 1. The molecule has 2 aliphatic carbocycles. The summed E-state index contributed by atoms with van der Waals surface area (Å²) in [6.07, 6.45) is 5.18. The SMILES string of the molecule is CC(NCCC1C2CCC(C2)C1(C)C)C(O)c1ccccc1. The van der Waals surface area contributed by atoms with Crippen molar-refractivity contribution in [3.05, 3.63) is 35.9 Å². The zero-order chi connectivity index (χ0) is 15.7. The minimum Gasteiger partial charge on any atom is -0.387 e. The van der Waals surface area contributed by atoms with E-state index in [-0.39, 0.29) is 6.04 Å². The van der Waals surface area contributed by atoms with Gasteiger partial charge in [-0.15, -0.1) is 0 Å². The van der Waals surface area contributed by atoms with Crippen molar-refractivity contribution < 1.29 is 5.11 Å². The summed E-state index contributed by atoms with van der Waals surface area (Å²) in [5.74, 6) is 2.77. The lowest BCUT2D eigenvalue weighted by molar-refractivity contribution is 0.105. The molecule has 0 spiro atoms. The van der Waals surface area contributed by atoms with Crippen LogP contribution < -0.4 is 5.32 Å². The quantitative estimate of drug-likeness (QED) is 0.827. The standard InChI is InChI=1S/C20H31NO/c1-14(19(22)15-7-5-4-6-8-15)21-12-11-18-16-9-10-17(13-16)20(18,2)3/h4-8,14,16-19,21-22H,9-13H2,1-3H3. The lowest BCUT2D eigenvalue weighted by Gasteiger charge is -2.38. The Hall–Kier alpha value is -0.860. The fraction of sp³-hybridized carbons (Fsp3) is 0.700. The summed E-state index contributed by atoms with van der Waals surface area (Å²) in [5, 5.41) is 14.0. The summed E-state index contributed by atoms with van der Waals surface area (Å²) in [4.78, 5) is 0. The van der Waals surface area contributed by atoms with Crippen molar-refractivity contribution in [1.82, 2.24) is 5.32 Å². The van der Waals surface area contributed by atoms with Gasteiger partial charge in [-0.3, -0.25) is 0 Å². The van der Waals surface area contributed by atoms with Crippen LogP contribution in [-0.4, -0.2) is 17.7 Å². The number of hydrogen-bond donors (Lipinski definition) is 2. The molecule has 2 heteroatoms. The van der Waals surface area contributed by atoms with E-state index in [1.54, 1.807) is 0 Å². The zero-order valence-corrected chi connectivity index (χ0v) is 14.3. The van der Waals surface area contributed by atoms with Crippen LogP contribution in [0.1, 0.15) is 58.1 Å². The van der Waals surface area contributed by atoms with Crippen LogP contribution in [0, 0.1) is 23.2 Å². The fourth-order valence-electron chi connectivity index (χ4n) is 5.09. The van der Waals surface area contributed by atoms with Gasteiger partial charge in [0.05, 0.1) is 6.10 Å². The lowest BCUT2D eigenvalue weighted by atomic mass is 9.67. The zero-order valence-electron chi connectivity index (χ0n) is 14.3. The first kappa shape index (κ1) is 16.0. The van der Waals surface area contributed by atoms with Gasteiger partial charge in [-0.05, 0) is 67.9 Å². The predicted molar refractivity (Wildman–Crippen MR) is 91.6 cm³/mol. The van der Waals surface area contributed by atoms with Gasteiger partial charge in [-0.25, -0.2) is 0 Å². The maximum atomic E-state index is 10.4. The molecule has 3 rings (SSSR count). The normalized spacial score (nSPS) is 32.1. The van der Waals surface area contributed by atoms with E-state index in [9.17, 15) is 5.11 Å². The highest BCUT2D eigenvalue weighted by molar-refractivity contribution is 5.18. The largest absolute Gasteiger partial charge is 0.387 e. The monoisotopic (exact) mass is 301 g/mol. The fourth-order valence-corrected chi connectivity index (χ4v) is 5.09. The van der Waals surface area contributed by atoms with E-state index < -0.39 is 6.10 Å². The van der Waals surface area contributed by atoms with E-state index in [1.165, 1.54) is 25.7 Å². The number of rotatable bonds is 6. The van der Waals surface area contributed by atoms with Crippen LogP contribution in [0.4, 0.5) is 0 Å². The molecule has 22 heavy (non-hydrogen) atoms. The van der Waals surface area contributed by atoms with E-state index in [2.05, 4.69) is 26.1 Å². The highest BCUT2D eigenvalue weighted by Gasteiger charge is 2.51. The predicted octanol–water partition coefficient (Wildman–Crippen LogP) is 4.16. The third-order valence-electron chi connectivity index (χ3n) is 6.59. The molecule has 2 saturated carbocycles. The second kappa shape index (κ2) is 6.33. The summed E-state index contributed by atoms with van der Waals surface area (Å²) in [5.41, 5.74) is 1.52. The van der Waals surface area contributed by atoms with Crippen LogP contribution in [0.15, 0.2) is 30.3 Å². The number of hydrogen-bond acceptors (Lipinski definition) is 2. The van der Waals surface area contributed by atoms with Crippen molar-refractivity contribution in [1.29, 1.82) is 0 Å². The maximum Gasteiger partial charge on any atom is 0.0940 e. The van der Waals surface area contributed by atoms with Gasteiger partial charge in [0.1, 0.15) is 0 Å². The van der Waals surface area contributed by atoms with Crippen molar-refractivity contribution >= 4 is 0 Å². The first-order valence-corrected chi connectivity index (χ1v) is 8.96. The van der Waals surface area contributed by atoms with Gasteiger partial charge in [-0.2, -0.15) is 0 Å². The Kier molecular flexibility index (Phi) is 4.61. The first-order valence-electron chi connectivity index (χ1n) is 8.96. The van der Waals surface area contributed by atoms with Crippen LogP contribution in [-0.2, 0) is 0 Å². The topological polar surface area (TPSA) is 32.3 Å². The van der Waals surface area contributed by atoms with Gasteiger partial charge >= 0.3 is 0 Å². The average molecular weight is 301 g/mol. The third-order valence-corrected chi connectivity index (χ3v) is 6.59. The maximum absolute atomic E-state index is 10.4. The molecule has 0 aromatic heterocycles. The molecule has 5 unspecified atom stereocenters. The molecule has 5 atom stereocenters. The number of benzene rings is 1. The van der Waals surface area contributed by atoms with Crippen LogP contribution in [0.3, 0.4) is 0 Å². The molecule has 0 aliphatic heterocycles. The summed E-state index contributed by atoms with van der Waals surface area (Å²) < 4.78 is 0. The Morgan fingerprint density at radius 1 is 1.23 bits per heavy atom. The van der Waals surface area contributed by atoms with Crippen LogP contribution in [0.25, 0.3) is 0 Å². The summed E-state index contributed by atoms with van der Waals surface area (Å²) in [7, 11) is 0. The summed E-state index contributed by atoms with van der Waals surface area (Å²) in [6.45, 7) is 8.06. The van der Waals surface area contributed by atoms with Gasteiger partial charge in [0.2, 0.25) is 0 Å². The molecular formula is C20H31NO. The van der Waals surface area contributed by atoms with Crippen LogP contribution in [0.2, 0.25) is 0 Å². The molecule has 0 radical (unpaired) electrons. The van der Waals surface area contributed by atoms with Gasteiger partial charge in [0.25, 0.3) is 0 Å². The molecule has 2 nitrogen and oxygen atoms in total. The van der Waals surface area contributed by atoms with E-state index in [1.807, 2.05) is 30.3 Å². The van der Waals surface area contributed by atoms with Crippen LogP contribution >= 0.6 is 0 Å². The van der Waals surface area contributed by atoms with E-state index in [4.69, 9.17) is 0 Å². The minimum absolute atomic E-state index is 0.101. The summed E-state index contributed by atoms with van der Waals surface area (Å²) in [6, 6.07) is 10.1. The minimum atomic E-state index is -0.422. The first-order chi connectivity index (χ1) is 10.5. The molecule has 0 saturated heterocycles. The Labute approximate surface area is 135 Å². The van der Waals surface area contributed by atoms with Gasteiger partial charge in [0.15, 0.2) is 0 Å². The number of nitrogens with one attached hydrogen (secondary N) is 1. The van der Waals surface area contributed by atoms with Crippen LogP contribution in [0.5, 0.6) is 0 Å². The summed E-state index contributed by atoms with van der Waals surface area (Å²) >= 11 is 0. The molecule has 2 aliphatic rings. The van der Waals surface area contributed by atoms with Crippen molar-refractivity contribution in [2.75, 3.05) is 6.54 Å².